The van der Waals surface area contributed by atoms with Crippen molar-refractivity contribution in [1.29, 1.82) is 0 Å². The molecule has 0 fully saturated rings. The van der Waals surface area contributed by atoms with E-state index in [1.54, 1.807) is 5.56 Å². The van der Waals surface area contributed by atoms with Crippen molar-refractivity contribution >= 4 is 0 Å². The van der Waals surface area contributed by atoms with Gasteiger partial charge in [0.1, 0.15) is 0 Å². The van der Waals surface area contributed by atoms with Crippen molar-refractivity contribution in [2.45, 2.75) is 45.6 Å². The number of rotatable bonds is 3. The highest BCUT2D eigenvalue weighted by Gasteiger charge is 2.15. The largest absolute Gasteiger partial charge is 0.312 e. The molecule has 82 valence electrons. The Hall–Kier alpha value is -0.820. The van der Waals surface area contributed by atoms with Gasteiger partial charge >= 0.3 is 0 Å². The van der Waals surface area contributed by atoms with Gasteiger partial charge in [-0.25, -0.2) is 0 Å². The predicted molar refractivity (Wildman–Crippen MR) is 65.2 cm³/mol. The Morgan fingerprint density at radius 1 is 1.40 bits per heavy atom. The zero-order chi connectivity index (χ0) is 10.7. The summed E-state index contributed by atoms with van der Waals surface area (Å²) in [7, 11) is 0. The van der Waals surface area contributed by atoms with E-state index in [-0.39, 0.29) is 0 Å². The summed E-state index contributed by atoms with van der Waals surface area (Å²) < 4.78 is 0. The molecule has 1 nitrogen and oxygen atoms in total. The number of benzene rings is 1. The van der Waals surface area contributed by atoms with Gasteiger partial charge in [0, 0.05) is 13.1 Å². The number of unbranched alkanes of at least 4 members (excludes halogenated alkanes) is 1. The highest BCUT2D eigenvalue weighted by Crippen LogP contribution is 2.24. The number of nitrogens with one attached hydrogen (secondary N) is 1. The second kappa shape index (κ2) is 4.80. The molecule has 1 N–H and O–H groups in total. The fourth-order valence-electron chi connectivity index (χ4n) is 2.36. The average Bonchev–Trinajstić information content (AvgIpc) is 2.26. The van der Waals surface area contributed by atoms with Gasteiger partial charge in [-0.15, -0.1) is 0 Å². The lowest BCUT2D eigenvalue weighted by atomic mass is 9.90. The lowest BCUT2D eigenvalue weighted by Crippen LogP contribution is -2.26. The first-order valence-electron chi connectivity index (χ1n) is 6.13. The normalized spacial score (nSPS) is 20.0. The van der Waals surface area contributed by atoms with E-state index in [0.717, 1.165) is 13.1 Å². The van der Waals surface area contributed by atoms with E-state index in [1.807, 2.05) is 0 Å². The maximum atomic E-state index is 3.47. The smallest absolute Gasteiger partial charge is 0.0208 e. The highest BCUT2D eigenvalue weighted by atomic mass is 14.9. The summed E-state index contributed by atoms with van der Waals surface area (Å²) >= 11 is 0. The minimum atomic E-state index is 0.675. The fourth-order valence-corrected chi connectivity index (χ4v) is 2.36. The van der Waals surface area contributed by atoms with Crippen LogP contribution in [0, 0.1) is 0 Å². The van der Waals surface area contributed by atoms with Crippen molar-refractivity contribution in [1.82, 2.24) is 5.32 Å². The maximum absolute atomic E-state index is 3.47. The summed E-state index contributed by atoms with van der Waals surface area (Å²) in [6.07, 6.45) is 3.83. The van der Waals surface area contributed by atoms with Gasteiger partial charge in [-0.2, -0.15) is 0 Å². The van der Waals surface area contributed by atoms with Gasteiger partial charge in [0.15, 0.2) is 0 Å². The molecule has 15 heavy (non-hydrogen) atoms. The third kappa shape index (κ3) is 2.40. The minimum Gasteiger partial charge on any atom is -0.312 e. The summed E-state index contributed by atoms with van der Waals surface area (Å²) in [6.45, 7) is 6.74. The van der Waals surface area contributed by atoms with Gasteiger partial charge in [-0.1, -0.05) is 38.5 Å². The van der Waals surface area contributed by atoms with E-state index in [4.69, 9.17) is 0 Å². The van der Waals surface area contributed by atoms with Gasteiger partial charge in [-0.3, -0.25) is 0 Å². The first-order valence-corrected chi connectivity index (χ1v) is 6.13. The molecular weight excluding hydrogens is 182 g/mol. The monoisotopic (exact) mass is 203 g/mol. The molecule has 1 aromatic rings. The second-order valence-electron chi connectivity index (χ2n) is 4.67. The van der Waals surface area contributed by atoms with Crippen LogP contribution in [0.1, 0.15) is 49.3 Å². The van der Waals surface area contributed by atoms with Crippen molar-refractivity contribution < 1.29 is 0 Å². The quantitative estimate of drug-likeness (QED) is 0.795. The Morgan fingerprint density at radius 3 is 3.07 bits per heavy atom. The van der Waals surface area contributed by atoms with E-state index in [0.29, 0.717) is 5.92 Å². The Morgan fingerprint density at radius 2 is 2.27 bits per heavy atom. The summed E-state index contributed by atoms with van der Waals surface area (Å²) in [5, 5.41) is 3.47. The Kier molecular flexibility index (Phi) is 3.42. The Bertz CT molecular complexity index is 330. The van der Waals surface area contributed by atoms with Crippen molar-refractivity contribution in [3.8, 4) is 0 Å². The average molecular weight is 203 g/mol. The first kappa shape index (κ1) is 10.7. The molecule has 1 unspecified atom stereocenters. The molecule has 1 heteroatoms. The van der Waals surface area contributed by atoms with Crippen LogP contribution in [0.25, 0.3) is 0 Å². The van der Waals surface area contributed by atoms with Gasteiger partial charge in [0.25, 0.3) is 0 Å². The predicted octanol–water partition coefficient (Wildman–Crippen LogP) is 3.24. The Labute approximate surface area is 92.9 Å². The van der Waals surface area contributed by atoms with Crippen LogP contribution in [-0.2, 0) is 13.0 Å². The summed E-state index contributed by atoms with van der Waals surface area (Å²) in [4.78, 5) is 0. The molecule has 0 saturated carbocycles. The topological polar surface area (TPSA) is 12.0 Å². The van der Waals surface area contributed by atoms with Gasteiger partial charge in [0.05, 0.1) is 0 Å². The highest BCUT2D eigenvalue weighted by molar-refractivity contribution is 5.36. The van der Waals surface area contributed by atoms with Crippen molar-refractivity contribution in [3.63, 3.8) is 0 Å². The van der Waals surface area contributed by atoms with Crippen LogP contribution in [0.15, 0.2) is 18.2 Å². The molecule has 0 bridgehead atoms. The summed E-state index contributed by atoms with van der Waals surface area (Å²) in [5.74, 6) is 0.675. The van der Waals surface area contributed by atoms with Gasteiger partial charge in [0.2, 0.25) is 0 Å². The van der Waals surface area contributed by atoms with Crippen LogP contribution < -0.4 is 5.32 Å². The molecule has 0 aliphatic carbocycles. The first-order chi connectivity index (χ1) is 7.31. The standard InChI is InChI=1S/C14H21N/c1-3-4-5-12-6-7-14-11(2)9-15-10-13(14)8-12/h6-8,11,15H,3-5,9-10H2,1-2H3. The lowest BCUT2D eigenvalue weighted by Gasteiger charge is -2.24. The van der Waals surface area contributed by atoms with E-state index in [9.17, 15) is 0 Å². The molecule has 2 rings (SSSR count). The van der Waals surface area contributed by atoms with Crippen molar-refractivity contribution in [2.24, 2.45) is 0 Å². The third-order valence-electron chi connectivity index (χ3n) is 3.32. The number of hydrogen-bond donors (Lipinski definition) is 1. The Balaban J connectivity index is 2.18. The zero-order valence-corrected chi connectivity index (χ0v) is 9.84. The van der Waals surface area contributed by atoms with E-state index >= 15 is 0 Å². The molecule has 1 aliphatic rings. The van der Waals surface area contributed by atoms with Gasteiger partial charge < -0.3 is 5.32 Å². The van der Waals surface area contributed by atoms with Crippen LogP contribution in [-0.4, -0.2) is 6.54 Å². The van der Waals surface area contributed by atoms with Crippen molar-refractivity contribution in [3.05, 3.63) is 34.9 Å². The third-order valence-corrected chi connectivity index (χ3v) is 3.32. The lowest BCUT2D eigenvalue weighted by molar-refractivity contribution is 0.570. The van der Waals surface area contributed by atoms with Gasteiger partial charge in [-0.05, 0) is 35.4 Å². The number of aryl methyl sites for hydroxylation is 1. The van der Waals surface area contributed by atoms with Crippen LogP contribution in [0.3, 0.4) is 0 Å². The molecule has 0 radical (unpaired) electrons. The SMILES string of the molecule is CCCCc1ccc2c(c1)CNCC2C. The molecule has 0 spiro atoms. The fraction of sp³-hybridized carbons (Fsp3) is 0.571. The minimum absolute atomic E-state index is 0.675. The van der Waals surface area contributed by atoms with Crippen molar-refractivity contribution in [2.75, 3.05) is 6.54 Å². The summed E-state index contributed by atoms with van der Waals surface area (Å²) in [5.41, 5.74) is 4.57. The molecular formula is C14H21N. The molecule has 0 saturated heterocycles. The van der Waals surface area contributed by atoms with E-state index in [1.165, 1.54) is 30.4 Å². The summed E-state index contributed by atoms with van der Waals surface area (Å²) in [6, 6.07) is 7.05. The molecule has 1 atom stereocenters. The molecule has 0 amide bonds. The zero-order valence-electron chi connectivity index (χ0n) is 9.84. The van der Waals surface area contributed by atoms with E-state index < -0.39 is 0 Å². The molecule has 1 heterocycles. The second-order valence-corrected chi connectivity index (χ2v) is 4.67. The van der Waals surface area contributed by atoms with Crippen LogP contribution in [0.4, 0.5) is 0 Å². The van der Waals surface area contributed by atoms with Crippen LogP contribution >= 0.6 is 0 Å². The molecule has 1 aliphatic heterocycles. The van der Waals surface area contributed by atoms with Crippen LogP contribution in [0.2, 0.25) is 0 Å². The maximum Gasteiger partial charge on any atom is 0.0208 e. The van der Waals surface area contributed by atoms with Crippen LogP contribution in [0.5, 0.6) is 0 Å². The molecule has 1 aromatic carbocycles. The molecule has 0 aromatic heterocycles. The number of hydrogen-bond acceptors (Lipinski definition) is 1. The number of fused-ring (bicyclic) bond motifs is 1. The van der Waals surface area contributed by atoms with E-state index in [2.05, 4.69) is 37.4 Å².